The van der Waals surface area contributed by atoms with Gasteiger partial charge in [0.25, 0.3) is 11.8 Å². The number of nitrogens with one attached hydrogen (secondary N) is 1. The van der Waals surface area contributed by atoms with Gasteiger partial charge >= 0.3 is 0 Å². The summed E-state index contributed by atoms with van der Waals surface area (Å²) in [6.45, 7) is 0.636. The standard InChI is InChI=1S/C23H24ClN5O2/c1-25-22(30)16-12-17(13-8-9-13)26-21-19(16)20(27-28(21)2)18-7-4-10-29(18)23(31)14-5-3-6-15(24)11-14/h3,5-6,11-13,18H,4,7-10H2,1-2H3,(H,25,30). The van der Waals surface area contributed by atoms with Crippen molar-refractivity contribution in [3.63, 3.8) is 0 Å². The van der Waals surface area contributed by atoms with Gasteiger partial charge in [-0.05, 0) is 49.9 Å². The minimum Gasteiger partial charge on any atom is -0.355 e. The zero-order valence-electron chi connectivity index (χ0n) is 17.6. The predicted octanol–water partition coefficient (Wildman–Crippen LogP) is 3.84. The number of carbonyl (C=O) groups excluding carboxylic acids is 2. The molecule has 1 N–H and O–H groups in total. The molecule has 2 fully saturated rings. The first kappa shape index (κ1) is 20.0. The van der Waals surface area contributed by atoms with Crippen LogP contribution in [0, 0.1) is 0 Å². The van der Waals surface area contributed by atoms with Gasteiger partial charge in [-0.25, -0.2) is 4.98 Å². The number of aryl methyl sites for hydroxylation is 1. The fourth-order valence-electron chi connectivity index (χ4n) is 4.51. The Kier molecular flexibility index (Phi) is 4.93. The van der Waals surface area contributed by atoms with Gasteiger partial charge in [-0.15, -0.1) is 0 Å². The summed E-state index contributed by atoms with van der Waals surface area (Å²) in [7, 11) is 3.48. The van der Waals surface area contributed by atoms with Crippen LogP contribution in [0.2, 0.25) is 5.02 Å². The van der Waals surface area contributed by atoms with E-state index in [1.165, 1.54) is 0 Å². The normalized spacial score (nSPS) is 18.5. The molecule has 1 aromatic carbocycles. The molecular formula is C23H24ClN5O2. The summed E-state index contributed by atoms with van der Waals surface area (Å²) in [6, 6.07) is 8.69. The van der Waals surface area contributed by atoms with Crippen LogP contribution >= 0.6 is 11.6 Å². The van der Waals surface area contributed by atoms with E-state index in [-0.39, 0.29) is 17.9 Å². The van der Waals surface area contributed by atoms with E-state index in [9.17, 15) is 9.59 Å². The van der Waals surface area contributed by atoms with E-state index in [1.807, 2.05) is 18.0 Å². The summed E-state index contributed by atoms with van der Waals surface area (Å²) in [6.07, 6.45) is 3.86. The Morgan fingerprint density at radius 1 is 1.19 bits per heavy atom. The maximum atomic E-state index is 13.3. The minimum atomic E-state index is -0.216. The number of halogens is 1. The SMILES string of the molecule is CNC(=O)c1cc(C2CC2)nc2c1c(C1CCCN1C(=O)c1cccc(Cl)c1)nn2C. The van der Waals surface area contributed by atoms with Gasteiger partial charge in [-0.3, -0.25) is 14.3 Å². The molecule has 5 rings (SSSR count). The first-order chi connectivity index (χ1) is 15.0. The molecule has 0 bridgehead atoms. The van der Waals surface area contributed by atoms with Crippen molar-refractivity contribution in [3.05, 3.63) is 57.9 Å². The summed E-state index contributed by atoms with van der Waals surface area (Å²) >= 11 is 6.11. The number of rotatable bonds is 4. The van der Waals surface area contributed by atoms with E-state index >= 15 is 0 Å². The number of nitrogens with zero attached hydrogens (tertiary/aromatic N) is 4. The van der Waals surface area contributed by atoms with Crippen LogP contribution in [0.3, 0.4) is 0 Å². The summed E-state index contributed by atoms with van der Waals surface area (Å²) in [5, 5.41) is 8.79. The maximum Gasteiger partial charge on any atom is 0.254 e. The molecule has 2 aliphatic rings. The van der Waals surface area contributed by atoms with Crippen molar-refractivity contribution in [1.29, 1.82) is 0 Å². The highest BCUT2D eigenvalue weighted by atomic mass is 35.5. The van der Waals surface area contributed by atoms with Crippen molar-refractivity contribution in [2.24, 2.45) is 7.05 Å². The van der Waals surface area contributed by atoms with E-state index in [1.54, 1.807) is 36.0 Å². The van der Waals surface area contributed by atoms with Crippen molar-refractivity contribution < 1.29 is 9.59 Å². The van der Waals surface area contributed by atoms with Crippen LogP contribution in [0.1, 0.15) is 69.7 Å². The fraction of sp³-hybridized carbons (Fsp3) is 0.391. The Morgan fingerprint density at radius 2 is 2.00 bits per heavy atom. The number of benzene rings is 1. The van der Waals surface area contributed by atoms with Crippen LogP contribution in [-0.2, 0) is 7.05 Å². The van der Waals surface area contributed by atoms with Gasteiger partial charge in [0, 0.05) is 42.8 Å². The quantitative estimate of drug-likeness (QED) is 0.672. The molecule has 2 aromatic heterocycles. The second-order valence-corrected chi connectivity index (χ2v) is 8.76. The number of hydrogen-bond donors (Lipinski definition) is 1. The third-order valence-electron chi connectivity index (χ3n) is 6.21. The Hall–Kier alpha value is -2.93. The second kappa shape index (κ2) is 7.64. The number of amides is 2. The van der Waals surface area contributed by atoms with Gasteiger partial charge in [0.15, 0.2) is 5.65 Å². The molecule has 3 heterocycles. The average Bonchev–Trinajstić information content (AvgIpc) is 3.43. The van der Waals surface area contributed by atoms with Gasteiger partial charge < -0.3 is 10.2 Å². The molecule has 3 aromatic rings. The first-order valence-electron chi connectivity index (χ1n) is 10.6. The molecule has 1 atom stereocenters. The first-order valence-corrected chi connectivity index (χ1v) is 11.0. The summed E-state index contributed by atoms with van der Waals surface area (Å²) in [5.74, 6) is 0.181. The molecule has 160 valence electrons. The van der Waals surface area contributed by atoms with Crippen LogP contribution in [0.4, 0.5) is 0 Å². The van der Waals surface area contributed by atoms with E-state index in [4.69, 9.17) is 21.7 Å². The van der Waals surface area contributed by atoms with Gasteiger partial charge in [-0.1, -0.05) is 17.7 Å². The second-order valence-electron chi connectivity index (χ2n) is 8.32. The minimum absolute atomic E-state index is 0.0761. The van der Waals surface area contributed by atoms with Gasteiger partial charge in [-0.2, -0.15) is 5.10 Å². The highest BCUT2D eigenvalue weighted by Gasteiger charge is 2.36. The number of hydrogen-bond acceptors (Lipinski definition) is 4. The third kappa shape index (κ3) is 3.47. The zero-order chi connectivity index (χ0) is 21.7. The largest absolute Gasteiger partial charge is 0.355 e. The van der Waals surface area contributed by atoms with Crippen LogP contribution in [-0.4, -0.2) is 45.1 Å². The van der Waals surface area contributed by atoms with Gasteiger partial charge in [0.05, 0.1) is 22.7 Å². The molecule has 2 amide bonds. The molecule has 31 heavy (non-hydrogen) atoms. The van der Waals surface area contributed by atoms with E-state index in [2.05, 4.69) is 5.32 Å². The number of carbonyl (C=O) groups is 2. The smallest absolute Gasteiger partial charge is 0.254 e. The molecule has 0 radical (unpaired) electrons. The highest BCUT2D eigenvalue weighted by molar-refractivity contribution is 6.31. The van der Waals surface area contributed by atoms with Crippen LogP contribution in [0.25, 0.3) is 11.0 Å². The Bertz CT molecular complexity index is 1200. The Balaban J connectivity index is 1.62. The molecule has 7 nitrogen and oxygen atoms in total. The number of pyridine rings is 1. The molecule has 1 aliphatic carbocycles. The summed E-state index contributed by atoms with van der Waals surface area (Å²) < 4.78 is 1.74. The summed E-state index contributed by atoms with van der Waals surface area (Å²) in [5.41, 5.74) is 3.51. The average molecular weight is 438 g/mol. The van der Waals surface area contributed by atoms with Crippen molar-refractivity contribution in [2.45, 2.75) is 37.6 Å². The molecule has 1 saturated carbocycles. The molecule has 1 aliphatic heterocycles. The van der Waals surface area contributed by atoms with Crippen LogP contribution in [0.15, 0.2) is 30.3 Å². The van der Waals surface area contributed by atoms with E-state index in [0.717, 1.165) is 42.5 Å². The lowest BCUT2D eigenvalue weighted by Crippen LogP contribution is -2.31. The number of likely N-dealkylation sites (tertiary alicyclic amines) is 1. The predicted molar refractivity (Wildman–Crippen MR) is 118 cm³/mol. The van der Waals surface area contributed by atoms with Crippen molar-refractivity contribution in [1.82, 2.24) is 25.0 Å². The van der Waals surface area contributed by atoms with Crippen LogP contribution < -0.4 is 5.32 Å². The lowest BCUT2D eigenvalue weighted by atomic mass is 10.0. The lowest BCUT2D eigenvalue weighted by Gasteiger charge is -2.24. The van der Waals surface area contributed by atoms with Crippen LogP contribution in [0.5, 0.6) is 0 Å². The summed E-state index contributed by atoms with van der Waals surface area (Å²) in [4.78, 5) is 32.8. The monoisotopic (exact) mass is 437 g/mol. The topological polar surface area (TPSA) is 80.1 Å². The fourth-order valence-corrected chi connectivity index (χ4v) is 4.70. The number of fused-ring (bicyclic) bond motifs is 1. The lowest BCUT2D eigenvalue weighted by molar-refractivity contribution is 0.0733. The number of aromatic nitrogens is 3. The zero-order valence-corrected chi connectivity index (χ0v) is 18.3. The Morgan fingerprint density at radius 3 is 2.71 bits per heavy atom. The highest BCUT2D eigenvalue weighted by Crippen LogP contribution is 2.42. The molecule has 1 unspecified atom stereocenters. The van der Waals surface area contributed by atoms with E-state index < -0.39 is 0 Å². The van der Waals surface area contributed by atoms with Crippen molar-refractivity contribution >= 4 is 34.4 Å². The Labute approximate surface area is 185 Å². The van der Waals surface area contributed by atoms with Gasteiger partial charge in [0.1, 0.15) is 0 Å². The van der Waals surface area contributed by atoms with Crippen molar-refractivity contribution in [3.8, 4) is 0 Å². The maximum absolute atomic E-state index is 13.3. The van der Waals surface area contributed by atoms with E-state index in [0.29, 0.717) is 34.3 Å². The molecular weight excluding hydrogens is 414 g/mol. The third-order valence-corrected chi connectivity index (χ3v) is 6.44. The molecule has 8 heteroatoms. The molecule has 0 spiro atoms. The van der Waals surface area contributed by atoms with Gasteiger partial charge in [0.2, 0.25) is 0 Å². The van der Waals surface area contributed by atoms with Crippen molar-refractivity contribution in [2.75, 3.05) is 13.6 Å². The molecule has 1 saturated heterocycles.